The van der Waals surface area contributed by atoms with Gasteiger partial charge in [-0.1, -0.05) is 0 Å². The van der Waals surface area contributed by atoms with Gasteiger partial charge in [0, 0.05) is 25.4 Å². The molecule has 2 heterocycles. The average molecular weight is 248 g/mol. The molecule has 0 fully saturated rings. The van der Waals surface area contributed by atoms with E-state index >= 15 is 0 Å². The van der Waals surface area contributed by atoms with Gasteiger partial charge in [0.1, 0.15) is 5.82 Å². The van der Waals surface area contributed by atoms with Crippen LogP contribution in [0.2, 0.25) is 0 Å². The molecule has 2 aromatic heterocycles. The normalized spacial score (nSPS) is 11.3. The predicted octanol–water partition coefficient (Wildman–Crippen LogP) is 2.55. The molecule has 1 N–H and O–H groups in total. The van der Waals surface area contributed by atoms with Gasteiger partial charge in [-0.2, -0.15) is 5.10 Å². The van der Waals surface area contributed by atoms with E-state index in [1.165, 1.54) is 0 Å². The highest BCUT2D eigenvalue weighted by atomic mass is 19.2. The van der Waals surface area contributed by atoms with E-state index in [9.17, 15) is 8.78 Å². The molecule has 18 heavy (non-hydrogen) atoms. The van der Waals surface area contributed by atoms with Crippen molar-refractivity contribution in [3.8, 4) is 11.4 Å². The predicted molar refractivity (Wildman–Crippen MR) is 62.9 cm³/mol. The minimum Gasteiger partial charge on any atom is -0.338 e. The number of aryl methyl sites for hydroxylation is 2. The third kappa shape index (κ3) is 1.57. The number of rotatable bonds is 1. The second kappa shape index (κ2) is 3.63. The molecule has 0 unspecified atom stereocenters. The lowest BCUT2D eigenvalue weighted by Crippen LogP contribution is -1.86. The van der Waals surface area contributed by atoms with Gasteiger partial charge in [0.05, 0.1) is 22.3 Å². The van der Waals surface area contributed by atoms with Crippen molar-refractivity contribution >= 4 is 11.0 Å². The maximum absolute atomic E-state index is 13.1. The summed E-state index contributed by atoms with van der Waals surface area (Å²) in [5.41, 5.74) is 2.48. The number of nitrogens with zero attached hydrogens (tertiary/aromatic N) is 3. The lowest BCUT2D eigenvalue weighted by molar-refractivity contribution is 0.510. The summed E-state index contributed by atoms with van der Waals surface area (Å²) >= 11 is 0. The molecule has 0 saturated carbocycles. The van der Waals surface area contributed by atoms with Gasteiger partial charge < -0.3 is 4.98 Å². The SMILES string of the molecule is Cc1nn(C)cc1-c1nc2cc(F)c(F)cc2[nH]1. The van der Waals surface area contributed by atoms with Gasteiger partial charge in [-0.05, 0) is 6.92 Å². The molecule has 4 nitrogen and oxygen atoms in total. The van der Waals surface area contributed by atoms with Crippen LogP contribution in [0.3, 0.4) is 0 Å². The highest BCUT2D eigenvalue weighted by Crippen LogP contribution is 2.24. The van der Waals surface area contributed by atoms with Gasteiger partial charge in [-0.3, -0.25) is 4.68 Å². The van der Waals surface area contributed by atoms with Crippen LogP contribution in [0.5, 0.6) is 0 Å². The minimum atomic E-state index is -0.900. The van der Waals surface area contributed by atoms with Crippen LogP contribution in [0.1, 0.15) is 5.69 Å². The van der Waals surface area contributed by atoms with Crippen LogP contribution in [0.4, 0.5) is 8.78 Å². The summed E-state index contributed by atoms with van der Waals surface area (Å²) in [5, 5.41) is 4.20. The Hall–Kier alpha value is -2.24. The van der Waals surface area contributed by atoms with E-state index in [-0.39, 0.29) is 0 Å². The summed E-state index contributed by atoms with van der Waals surface area (Å²) in [6, 6.07) is 2.18. The van der Waals surface area contributed by atoms with Crippen LogP contribution in [0.25, 0.3) is 22.4 Å². The fourth-order valence-corrected chi connectivity index (χ4v) is 1.96. The fraction of sp³-hybridized carbons (Fsp3) is 0.167. The number of aromatic nitrogens is 4. The Kier molecular flexibility index (Phi) is 2.19. The Morgan fingerprint density at radius 3 is 2.61 bits per heavy atom. The summed E-state index contributed by atoms with van der Waals surface area (Å²) in [5.74, 6) is -1.23. The van der Waals surface area contributed by atoms with Gasteiger partial charge in [0.15, 0.2) is 11.6 Å². The molecule has 0 radical (unpaired) electrons. The smallest absolute Gasteiger partial charge is 0.161 e. The van der Waals surface area contributed by atoms with Crippen LogP contribution in [-0.4, -0.2) is 19.7 Å². The summed E-state index contributed by atoms with van der Waals surface area (Å²) in [7, 11) is 1.80. The number of aromatic amines is 1. The number of halogens is 2. The highest BCUT2D eigenvalue weighted by molar-refractivity contribution is 5.79. The Labute approximate surface area is 101 Å². The molecule has 0 bridgehead atoms. The van der Waals surface area contributed by atoms with E-state index in [2.05, 4.69) is 15.1 Å². The average Bonchev–Trinajstić information content (AvgIpc) is 2.82. The van der Waals surface area contributed by atoms with Crippen LogP contribution < -0.4 is 0 Å². The van der Waals surface area contributed by atoms with E-state index in [0.717, 1.165) is 23.4 Å². The molecule has 3 aromatic rings. The molecule has 0 amide bonds. The highest BCUT2D eigenvalue weighted by Gasteiger charge is 2.13. The van der Waals surface area contributed by atoms with Crippen molar-refractivity contribution < 1.29 is 8.78 Å². The standard InChI is InChI=1S/C12H10F2N4/c1-6-7(5-18(2)17-6)12-15-10-3-8(13)9(14)4-11(10)16-12/h3-5H,1-2H3,(H,15,16). The molecule has 1 aromatic carbocycles. The van der Waals surface area contributed by atoms with Gasteiger partial charge in [-0.15, -0.1) is 0 Å². The Morgan fingerprint density at radius 2 is 1.94 bits per heavy atom. The summed E-state index contributed by atoms with van der Waals surface area (Å²) in [6.45, 7) is 1.85. The zero-order valence-electron chi connectivity index (χ0n) is 9.83. The monoisotopic (exact) mass is 248 g/mol. The van der Waals surface area contributed by atoms with Crippen molar-refractivity contribution in [2.75, 3.05) is 0 Å². The van der Waals surface area contributed by atoms with Crippen molar-refractivity contribution in [1.82, 2.24) is 19.7 Å². The number of imidazole rings is 1. The summed E-state index contributed by atoms with van der Waals surface area (Å²) in [6.07, 6.45) is 1.81. The molecular weight excluding hydrogens is 238 g/mol. The lowest BCUT2D eigenvalue weighted by atomic mass is 10.2. The van der Waals surface area contributed by atoms with E-state index in [4.69, 9.17) is 0 Å². The molecule has 3 rings (SSSR count). The van der Waals surface area contributed by atoms with Crippen LogP contribution >= 0.6 is 0 Å². The summed E-state index contributed by atoms with van der Waals surface area (Å²) < 4.78 is 27.9. The summed E-state index contributed by atoms with van der Waals surface area (Å²) in [4.78, 5) is 7.21. The molecule has 0 aliphatic heterocycles. The largest absolute Gasteiger partial charge is 0.338 e. The lowest BCUT2D eigenvalue weighted by Gasteiger charge is -1.90. The molecule has 6 heteroatoms. The zero-order valence-corrected chi connectivity index (χ0v) is 9.83. The number of H-pyrrole nitrogens is 1. The number of nitrogens with one attached hydrogen (secondary N) is 1. The second-order valence-corrected chi connectivity index (χ2v) is 4.17. The Bertz CT molecular complexity index is 703. The number of hydrogen-bond acceptors (Lipinski definition) is 2. The number of fused-ring (bicyclic) bond motifs is 1. The third-order valence-corrected chi connectivity index (χ3v) is 2.79. The first-order valence-corrected chi connectivity index (χ1v) is 5.40. The minimum absolute atomic E-state index is 0.396. The number of hydrogen-bond donors (Lipinski definition) is 1. The van der Waals surface area contributed by atoms with Crippen LogP contribution in [0.15, 0.2) is 18.3 Å². The maximum atomic E-state index is 13.1. The second-order valence-electron chi connectivity index (χ2n) is 4.17. The van der Waals surface area contributed by atoms with Crippen molar-refractivity contribution in [3.63, 3.8) is 0 Å². The van der Waals surface area contributed by atoms with E-state index < -0.39 is 11.6 Å². The van der Waals surface area contributed by atoms with E-state index in [1.54, 1.807) is 17.9 Å². The molecule has 92 valence electrons. The zero-order chi connectivity index (χ0) is 12.9. The Balaban J connectivity index is 2.22. The molecule has 0 saturated heterocycles. The van der Waals surface area contributed by atoms with Gasteiger partial charge in [0.2, 0.25) is 0 Å². The van der Waals surface area contributed by atoms with Crippen molar-refractivity contribution in [2.24, 2.45) is 7.05 Å². The Morgan fingerprint density at radius 1 is 1.22 bits per heavy atom. The maximum Gasteiger partial charge on any atom is 0.161 e. The quantitative estimate of drug-likeness (QED) is 0.719. The first-order chi connectivity index (χ1) is 8.54. The van der Waals surface area contributed by atoms with Gasteiger partial charge in [0.25, 0.3) is 0 Å². The first kappa shape index (κ1) is 10.9. The molecule has 0 atom stereocenters. The number of benzene rings is 1. The molecule has 0 aliphatic rings. The van der Waals surface area contributed by atoms with Crippen molar-refractivity contribution in [2.45, 2.75) is 6.92 Å². The van der Waals surface area contributed by atoms with Gasteiger partial charge in [-0.25, -0.2) is 13.8 Å². The molecule has 0 aliphatic carbocycles. The first-order valence-electron chi connectivity index (χ1n) is 5.40. The van der Waals surface area contributed by atoms with E-state index in [1.807, 2.05) is 6.92 Å². The van der Waals surface area contributed by atoms with Crippen molar-refractivity contribution in [1.29, 1.82) is 0 Å². The third-order valence-electron chi connectivity index (χ3n) is 2.79. The molecular formula is C12H10F2N4. The van der Waals surface area contributed by atoms with E-state index in [0.29, 0.717) is 16.9 Å². The van der Waals surface area contributed by atoms with Crippen LogP contribution in [0, 0.1) is 18.6 Å². The fourth-order valence-electron chi connectivity index (χ4n) is 1.96. The molecule has 0 spiro atoms. The topological polar surface area (TPSA) is 46.5 Å². The van der Waals surface area contributed by atoms with Crippen LogP contribution in [-0.2, 0) is 7.05 Å². The van der Waals surface area contributed by atoms with Gasteiger partial charge >= 0.3 is 0 Å². The van der Waals surface area contributed by atoms with Crippen molar-refractivity contribution in [3.05, 3.63) is 35.7 Å².